The van der Waals surface area contributed by atoms with Crippen LogP contribution in [-0.2, 0) is 16.1 Å². The predicted octanol–water partition coefficient (Wildman–Crippen LogP) is 1.70. The number of carboxylic acid groups (broad SMARTS) is 1. The zero-order valence-electron chi connectivity index (χ0n) is 12.8. The van der Waals surface area contributed by atoms with E-state index in [0.29, 0.717) is 37.9 Å². The van der Waals surface area contributed by atoms with Crippen LogP contribution in [-0.4, -0.2) is 66.3 Å². The lowest BCUT2D eigenvalue weighted by atomic mass is 10.1. The fraction of sp³-hybridized carbons (Fsp3) is 0.562. The molecule has 0 aromatic heterocycles. The van der Waals surface area contributed by atoms with Crippen LogP contribution in [0.1, 0.15) is 5.56 Å². The molecule has 1 aromatic carbocycles. The van der Waals surface area contributed by atoms with E-state index in [4.69, 9.17) is 21.4 Å². The summed E-state index contributed by atoms with van der Waals surface area (Å²) >= 11 is 6.18. The van der Waals surface area contributed by atoms with E-state index >= 15 is 0 Å². The molecule has 0 saturated carbocycles. The van der Waals surface area contributed by atoms with Crippen molar-refractivity contribution in [3.05, 3.63) is 34.6 Å². The molecule has 126 valence electrons. The van der Waals surface area contributed by atoms with Crippen LogP contribution in [0.4, 0.5) is 4.39 Å². The Kier molecular flexibility index (Phi) is 5.16. The molecule has 2 aliphatic heterocycles. The average Bonchev–Trinajstić information content (AvgIpc) is 2.72. The molecular formula is C16H20ClFN2O3. The Morgan fingerprint density at radius 1 is 1.35 bits per heavy atom. The van der Waals surface area contributed by atoms with E-state index in [1.54, 1.807) is 6.07 Å². The van der Waals surface area contributed by atoms with Crippen molar-refractivity contribution in [1.82, 2.24) is 9.80 Å². The summed E-state index contributed by atoms with van der Waals surface area (Å²) in [4.78, 5) is 15.2. The van der Waals surface area contributed by atoms with Gasteiger partial charge in [-0.25, -0.2) is 4.39 Å². The number of hydrogen-bond donors (Lipinski definition) is 1. The second-order valence-corrected chi connectivity index (χ2v) is 6.72. The Hall–Kier alpha value is -1.21. The standard InChI is InChI=1S/C16H20ClFN2O3/c17-15-2-1-13(18)3-12(15)6-20-5-11-4-19(8-16(21)22)7-14(20)10-23-9-11/h1-3,11,14H,4-10H2,(H,21,22)/t11-,14-/m0/s1. The number of nitrogens with zero attached hydrogens (tertiary/aromatic N) is 2. The van der Waals surface area contributed by atoms with Crippen molar-refractivity contribution in [1.29, 1.82) is 0 Å². The van der Waals surface area contributed by atoms with Gasteiger partial charge in [0, 0.05) is 43.2 Å². The number of carboxylic acids is 1. The second-order valence-electron chi connectivity index (χ2n) is 6.31. The highest BCUT2D eigenvalue weighted by Gasteiger charge is 2.34. The summed E-state index contributed by atoms with van der Waals surface area (Å²) in [6.07, 6.45) is 0. The van der Waals surface area contributed by atoms with Crippen LogP contribution in [0, 0.1) is 11.7 Å². The molecule has 0 aliphatic carbocycles. The van der Waals surface area contributed by atoms with Gasteiger partial charge in [-0.2, -0.15) is 0 Å². The van der Waals surface area contributed by atoms with Crippen LogP contribution in [0.15, 0.2) is 18.2 Å². The van der Waals surface area contributed by atoms with E-state index in [2.05, 4.69) is 4.90 Å². The van der Waals surface area contributed by atoms with Crippen molar-refractivity contribution >= 4 is 17.6 Å². The summed E-state index contributed by atoms with van der Waals surface area (Å²) in [6.45, 7) is 3.91. The maximum atomic E-state index is 13.5. The second kappa shape index (κ2) is 7.13. The quantitative estimate of drug-likeness (QED) is 0.902. The fourth-order valence-corrected chi connectivity index (χ4v) is 3.60. The number of carbonyl (C=O) groups is 1. The molecule has 5 nitrogen and oxygen atoms in total. The smallest absolute Gasteiger partial charge is 0.317 e. The number of hydrogen-bond acceptors (Lipinski definition) is 4. The predicted molar refractivity (Wildman–Crippen MR) is 84.0 cm³/mol. The molecule has 2 aliphatic rings. The molecule has 0 amide bonds. The maximum Gasteiger partial charge on any atom is 0.317 e. The van der Waals surface area contributed by atoms with Gasteiger partial charge < -0.3 is 9.84 Å². The lowest BCUT2D eigenvalue weighted by Crippen LogP contribution is -2.44. The third-order valence-electron chi connectivity index (χ3n) is 4.40. The minimum Gasteiger partial charge on any atom is -0.480 e. The van der Waals surface area contributed by atoms with E-state index in [-0.39, 0.29) is 24.3 Å². The van der Waals surface area contributed by atoms with Gasteiger partial charge in [-0.05, 0) is 23.8 Å². The first-order valence-corrected chi connectivity index (χ1v) is 8.09. The monoisotopic (exact) mass is 342 g/mol. The molecule has 2 saturated heterocycles. The first kappa shape index (κ1) is 16.6. The summed E-state index contributed by atoms with van der Waals surface area (Å²) in [5, 5.41) is 9.59. The number of aliphatic carboxylic acids is 1. The van der Waals surface area contributed by atoms with Crippen molar-refractivity contribution in [2.45, 2.75) is 12.6 Å². The van der Waals surface area contributed by atoms with Crippen LogP contribution < -0.4 is 0 Å². The molecule has 3 rings (SSSR count). The number of ether oxygens (including phenoxy) is 1. The van der Waals surface area contributed by atoms with Crippen LogP contribution >= 0.6 is 11.6 Å². The molecule has 2 fully saturated rings. The molecular weight excluding hydrogens is 323 g/mol. The van der Waals surface area contributed by atoms with E-state index in [9.17, 15) is 9.18 Å². The van der Waals surface area contributed by atoms with Gasteiger partial charge in [0.15, 0.2) is 0 Å². The topological polar surface area (TPSA) is 53.0 Å². The van der Waals surface area contributed by atoms with Crippen molar-refractivity contribution in [3.8, 4) is 0 Å². The van der Waals surface area contributed by atoms with Crippen LogP contribution in [0.3, 0.4) is 0 Å². The van der Waals surface area contributed by atoms with Crippen LogP contribution in [0.2, 0.25) is 5.02 Å². The van der Waals surface area contributed by atoms with Crippen molar-refractivity contribution in [2.75, 3.05) is 39.4 Å². The lowest BCUT2D eigenvalue weighted by molar-refractivity contribution is -0.138. The molecule has 23 heavy (non-hydrogen) atoms. The van der Waals surface area contributed by atoms with Gasteiger partial charge in [0.25, 0.3) is 0 Å². The summed E-state index contributed by atoms with van der Waals surface area (Å²) < 4.78 is 19.2. The van der Waals surface area contributed by atoms with Crippen LogP contribution in [0.5, 0.6) is 0 Å². The molecule has 0 spiro atoms. The Bertz CT molecular complexity index is 586. The average molecular weight is 343 g/mol. The molecule has 2 atom stereocenters. The molecule has 7 heteroatoms. The van der Waals surface area contributed by atoms with Gasteiger partial charge in [-0.1, -0.05) is 11.6 Å². The first-order chi connectivity index (χ1) is 11.0. The van der Waals surface area contributed by atoms with E-state index in [1.807, 2.05) is 4.90 Å². The van der Waals surface area contributed by atoms with E-state index in [1.165, 1.54) is 12.1 Å². The number of rotatable bonds is 4. The summed E-state index contributed by atoms with van der Waals surface area (Å²) in [5.74, 6) is -0.870. The van der Waals surface area contributed by atoms with Crippen molar-refractivity contribution in [2.24, 2.45) is 5.92 Å². The first-order valence-electron chi connectivity index (χ1n) is 7.71. The molecule has 0 unspecified atom stereocenters. The Morgan fingerprint density at radius 2 is 2.17 bits per heavy atom. The number of benzene rings is 1. The third-order valence-corrected chi connectivity index (χ3v) is 4.77. The summed E-state index contributed by atoms with van der Waals surface area (Å²) in [6, 6.07) is 4.47. The summed E-state index contributed by atoms with van der Waals surface area (Å²) in [5.41, 5.74) is 0.754. The van der Waals surface area contributed by atoms with Crippen molar-refractivity contribution < 1.29 is 19.0 Å². The highest BCUT2D eigenvalue weighted by Crippen LogP contribution is 2.25. The van der Waals surface area contributed by atoms with Gasteiger partial charge >= 0.3 is 5.97 Å². The molecule has 2 heterocycles. The molecule has 0 radical (unpaired) electrons. The largest absolute Gasteiger partial charge is 0.480 e. The highest BCUT2D eigenvalue weighted by molar-refractivity contribution is 6.31. The Labute approximate surface area is 139 Å². The molecule has 1 N–H and O–H groups in total. The molecule has 2 bridgehead atoms. The van der Waals surface area contributed by atoms with Gasteiger partial charge in [-0.3, -0.25) is 14.6 Å². The van der Waals surface area contributed by atoms with Gasteiger partial charge in [0.2, 0.25) is 0 Å². The van der Waals surface area contributed by atoms with Gasteiger partial charge in [0.05, 0.1) is 19.8 Å². The zero-order valence-corrected chi connectivity index (χ0v) is 13.5. The third kappa shape index (κ3) is 4.20. The number of fused-ring (bicyclic) bond motifs is 3. The van der Waals surface area contributed by atoms with E-state index < -0.39 is 5.97 Å². The maximum absolute atomic E-state index is 13.5. The van der Waals surface area contributed by atoms with Crippen LogP contribution in [0.25, 0.3) is 0 Å². The summed E-state index contributed by atoms with van der Waals surface area (Å²) in [7, 11) is 0. The SMILES string of the molecule is O=C(O)CN1C[C@@H]2COC[C@H](C1)N(Cc1cc(F)ccc1Cl)C2. The Morgan fingerprint density at radius 3 is 2.96 bits per heavy atom. The minimum atomic E-state index is -0.814. The Balaban J connectivity index is 1.77. The van der Waals surface area contributed by atoms with E-state index in [0.717, 1.165) is 12.1 Å². The molecule has 1 aromatic rings. The lowest BCUT2D eigenvalue weighted by Gasteiger charge is -2.30. The number of halogens is 2. The van der Waals surface area contributed by atoms with Crippen molar-refractivity contribution in [3.63, 3.8) is 0 Å². The fourth-order valence-electron chi connectivity index (χ4n) is 3.42. The van der Waals surface area contributed by atoms with Gasteiger partial charge in [0.1, 0.15) is 5.82 Å². The highest BCUT2D eigenvalue weighted by atomic mass is 35.5. The zero-order chi connectivity index (χ0) is 16.4. The normalized spacial score (nSPS) is 26.0. The minimum absolute atomic E-state index is 0.0432. The van der Waals surface area contributed by atoms with Gasteiger partial charge in [-0.15, -0.1) is 0 Å².